The van der Waals surface area contributed by atoms with Gasteiger partial charge in [0.15, 0.2) is 0 Å². The summed E-state index contributed by atoms with van der Waals surface area (Å²) in [4.78, 5) is 4.14. The minimum absolute atomic E-state index is 0.836. The van der Waals surface area contributed by atoms with Crippen molar-refractivity contribution in [3.63, 3.8) is 0 Å². The van der Waals surface area contributed by atoms with E-state index < -0.39 is 0 Å². The third kappa shape index (κ3) is 2.76. The molecule has 76 valence electrons. The molecule has 0 fully saturated rings. The van der Waals surface area contributed by atoms with Crippen molar-refractivity contribution in [2.45, 2.75) is 20.4 Å². The fraction of sp³-hybridized carbons (Fsp3) is 0.364. The van der Waals surface area contributed by atoms with Gasteiger partial charge in [0, 0.05) is 18.4 Å². The van der Waals surface area contributed by atoms with Crippen LogP contribution in [0, 0.1) is 6.92 Å². The Balaban J connectivity index is 3.34. The average Bonchev–Trinajstić information content (AvgIpc) is 2.28. The fourth-order valence-corrected chi connectivity index (χ4v) is 1.19. The molecule has 0 unspecified atom stereocenters. The molecule has 0 aliphatic rings. The van der Waals surface area contributed by atoms with E-state index >= 15 is 0 Å². The molecule has 3 heteroatoms. The number of hydrogen-bond acceptors (Lipinski definition) is 2. The Morgan fingerprint density at radius 3 is 2.93 bits per heavy atom. The standard InChI is InChI=1S/C11H16N2O/c1-4-13-9-12-7-5-6-11(14-3)8-10(13)2/h5-9H,4H2,1-3H3. The summed E-state index contributed by atoms with van der Waals surface area (Å²) in [6.45, 7) is 5.02. The van der Waals surface area contributed by atoms with Gasteiger partial charge in [-0.3, -0.25) is 0 Å². The molecule has 0 amide bonds. The van der Waals surface area contributed by atoms with Crippen molar-refractivity contribution in [1.82, 2.24) is 9.55 Å². The monoisotopic (exact) mass is 192 g/mol. The van der Waals surface area contributed by atoms with Gasteiger partial charge < -0.3 is 9.30 Å². The summed E-state index contributed by atoms with van der Waals surface area (Å²) in [7, 11) is 1.67. The van der Waals surface area contributed by atoms with E-state index in [0.29, 0.717) is 0 Å². The first-order chi connectivity index (χ1) is 6.77. The lowest BCUT2D eigenvalue weighted by molar-refractivity contribution is 0.414. The number of hydrogen-bond donors (Lipinski definition) is 0. The molecule has 0 atom stereocenters. The zero-order chi connectivity index (χ0) is 10.4. The molecule has 1 heterocycles. The summed E-state index contributed by atoms with van der Waals surface area (Å²) in [6.07, 6.45) is 3.56. The first-order valence-electron chi connectivity index (χ1n) is 4.67. The third-order valence-corrected chi connectivity index (χ3v) is 2.02. The van der Waals surface area contributed by atoms with Crippen molar-refractivity contribution in [1.29, 1.82) is 0 Å². The van der Waals surface area contributed by atoms with Gasteiger partial charge in [0.1, 0.15) is 5.75 Å². The van der Waals surface area contributed by atoms with Gasteiger partial charge in [-0.05, 0) is 32.0 Å². The average molecular weight is 192 g/mol. The van der Waals surface area contributed by atoms with Crippen molar-refractivity contribution in [2.24, 2.45) is 0 Å². The van der Waals surface area contributed by atoms with Crippen LogP contribution in [0.15, 0.2) is 30.7 Å². The lowest BCUT2D eigenvalue weighted by Crippen LogP contribution is -1.97. The van der Waals surface area contributed by atoms with Gasteiger partial charge in [-0.25, -0.2) is 4.98 Å². The summed E-state index contributed by atoms with van der Waals surface area (Å²) in [5.41, 5.74) is 1.12. The van der Waals surface area contributed by atoms with Crippen molar-refractivity contribution < 1.29 is 4.74 Å². The molecular weight excluding hydrogens is 176 g/mol. The molecule has 14 heavy (non-hydrogen) atoms. The SMILES string of the molecule is CCn1cncccc(OC)cc1C. The Kier molecular flexibility index (Phi) is 3.98. The van der Waals surface area contributed by atoms with Gasteiger partial charge in [0.25, 0.3) is 0 Å². The summed E-state index contributed by atoms with van der Waals surface area (Å²) in [6, 6.07) is 5.74. The van der Waals surface area contributed by atoms with Gasteiger partial charge in [-0.1, -0.05) is 0 Å². The zero-order valence-corrected chi connectivity index (χ0v) is 8.90. The largest absolute Gasteiger partial charge is 0.497 e. The lowest BCUT2D eigenvalue weighted by atomic mass is 10.4. The van der Waals surface area contributed by atoms with Gasteiger partial charge in [-0.15, -0.1) is 0 Å². The first kappa shape index (κ1) is 10.6. The molecule has 0 aliphatic carbocycles. The van der Waals surface area contributed by atoms with Crippen molar-refractivity contribution >= 4 is 0 Å². The second kappa shape index (κ2) is 5.27. The Labute approximate surface area is 84.7 Å². The van der Waals surface area contributed by atoms with Gasteiger partial charge >= 0.3 is 0 Å². The topological polar surface area (TPSA) is 27.1 Å². The summed E-state index contributed by atoms with van der Waals surface area (Å²) >= 11 is 0. The molecule has 0 saturated carbocycles. The lowest BCUT2D eigenvalue weighted by Gasteiger charge is -2.03. The quantitative estimate of drug-likeness (QED) is 0.719. The van der Waals surface area contributed by atoms with Gasteiger partial charge in [0.2, 0.25) is 0 Å². The van der Waals surface area contributed by atoms with E-state index in [2.05, 4.69) is 16.5 Å². The molecule has 0 bridgehead atoms. The smallest absolute Gasteiger partial charge is 0.120 e. The highest BCUT2D eigenvalue weighted by Crippen LogP contribution is 2.07. The third-order valence-electron chi connectivity index (χ3n) is 2.02. The number of aromatic nitrogens is 2. The van der Waals surface area contributed by atoms with Crippen molar-refractivity contribution in [2.75, 3.05) is 7.11 Å². The maximum absolute atomic E-state index is 5.20. The molecule has 0 spiro atoms. The Morgan fingerprint density at radius 2 is 2.29 bits per heavy atom. The van der Waals surface area contributed by atoms with Crippen LogP contribution in [0.25, 0.3) is 0 Å². The molecule has 0 aliphatic heterocycles. The van der Waals surface area contributed by atoms with E-state index in [1.807, 2.05) is 31.5 Å². The summed E-state index contributed by atoms with van der Waals surface area (Å²) in [5, 5.41) is 0. The van der Waals surface area contributed by atoms with Crippen LogP contribution in [0.3, 0.4) is 0 Å². The normalized spacial score (nSPS) is 9.36. The molecule has 3 nitrogen and oxygen atoms in total. The number of methoxy groups -OCH3 is 1. The molecule has 0 N–H and O–H groups in total. The molecule has 1 rings (SSSR count). The van der Waals surface area contributed by atoms with Crippen LogP contribution < -0.4 is 4.74 Å². The highest BCUT2D eigenvalue weighted by atomic mass is 16.5. The Morgan fingerprint density at radius 1 is 1.50 bits per heavy atom. The minimum atomic E-state index is 0.836. The first-order valence-corrected chi connectivity index (χ1v) is 4.67. The van der Waals surface area contributed by atoms with Crippen LogP contribution in [0.5, 0.6) is 5.75 Å². The second-order valence-electron chi connectivity index (χ2n) is 2.95. The highest BCUT2D eigenvalue weighted by molar-refractivity contribution is 5.20. The van der Waals surface area contributed by atoms with E-state index in [9.17, 15) is 0 Å². The number of nitrogens with zero attached hydrogens (tertiary/aromatic N) is 2. The van der Waals surface area contributed by atoms with Gasteiger partial charge in [0.05, 0.1) is 13.4 Å². The van der Waals surface area contributed by atoms with E-state index in [4.69, 9.17) is 4.74 Å². The van der Waals surface area contributed by atoms with E-state index in [-0.39, 0.29) is 0 Å². The maximum atomic E-state index is 5.20. The zero-order valence-electron chi connectivity index (χ0n) is 8.90. The molecule has 1 aromatic rings. The molecule has 0 radical (unpaired) electrons. The minimum Gasteiger partial charge on any atom is -0.497 e. The van der Waals surface area contributed by atoms with Crippen LogP contribution in [-0.2, 0) is 6.54 Å². The van der Waals surface area contributed by atoms with Crippen LogP contribution in [0.2, 0.25) is 0 Å². The van der Waals surface area contributed by atoms with Crippen molar-refractivity contribution in [3.8, 4) is 5.75 Å². The molecule has 0 aromatic carbocycles. The predicted molar refractivity (Wildman–Crippen MR) is 56.8 cm³/mol. The van der Waals surface area contributed by atoms with E-state index in [1.54, 1.807) is 13.3 Å². The van der Waals surface area contributed by atoms with Crippen LogP contribution in [-0.4, -0.2) is 16.7 Å². The van der Waals surface area contributed by atoms with Crippen LogP contribution in [0.1, 0.15) is 12.6 Å². The van der Waals surface area contributed by atoms with E-state index in [0.717, 1.165) is 18.0 Å². The van der Waals surface area contributed by atoms with Gasteiger partial charge in [-0.2, -0.15) is 0 Å². The highest BCUT2D eigenvalue weighted by Gasteiger charge is 1.90. The fourth-order valence-electron chi connectivity index (χ4n) is 1.19. The molecule has 0 saturated heterocycles. The number of ether oxygens (including phenoxy) is 1. The number of aryl methyl sites for hydroxylation is 2. The summed E-state index contributed by atoms with van der Waals surface area (Å²) < 4.78 is 7.25. The summed E-state index contributed by atoms with van der Waals surface area (Å²) in [5.74, 6) is 0.836. The number of rotatable bonds is 2. The maximum Gasteiger partial charge on any atom is 0.120 e. The molecular formula is C11H16N2O. The van der Waals surface area contributed by atoms with Crippen LogP contribution >= 0.6 is 0 Å². The van der Waals surface area contributed by atoms with E-state index in [1.165, 1.54) is 0 Å². The predicted octanol–water partition coefficient (Wildman–Crippen LogP) is 2.34. The Bertz CT molecular complexity index is 343. The Hall–Kier alpha value is -1.51. The van der Waals surface area contributed by atoms with Crippen LogP contribution in [0.4, 0.5) is 0 Å². The second-order valence-corrected chi connectivity index (χ2v) is 2.95. The van der Waals surface area contributed by atoms with Crippen molar-refractivity contribution in [3.05, 3.63) is 36.4 Å². The molecule has 1 aromatic heterocycles.